The predicted octanol–water partition coefficient (Wildman–Crippen LogP) is 3.52. The number of ether oxygens (including phenoxy) is 3. The van der Waals surface area contributed by atoms with Gasteiger partial charge in [-0.2, -0.15) is 4.98 Å². The number of alkyl halides is 2. The lowest BCUT2D eigenvalue weighted by molar-refractivity contribution is -0.0382. The largest absolute Gasteiger partial charge is 0.490 e. The van der Waals surface area contributed by atoms with Gasteiger partial charge in [0, 0.05) is 26.0 Å². The summed E-state index contributed by atoms with van der Waals surface area (Å²) in [6.45, 7) is 1.13. The molecule has 1 atom stereocenters. The molecule has 29 heavy (non-hydrogen) atoms. The molecule has 2 heterocycles. The molecular formula is C21H24F2N2O4. The number of aromatic nitrogens is 2. The second-order valence-corrected chi connectivity index (χ2v) is 7.66. The Hall–Kier alpha value is -2.48. The van der Waals surface area contributed by atoms with Gasteiger partial charge in [0.2, 0.25) is 5.92 Å². The van der Waals surface area contributed by atoms with Crippen molar-refractivity contribution in [2.24, 2.45) is 0 Å². The topological polar surface area (TPSA) is 62.6 Å². The standard InChI is InChI=1S/C21H24F2N2O4/c1-27-12-16-10-19(26)24-20-25(16)11-18(29-20)13-28-17-4-2-14(3-5-17)15-6-8-21(22,23)9-7-15/h2-5,10,15,18H,6-9,11-13H2,1H3/t18-/m0/s1. The van der Waals surface area contributed by atoms with Crippen LogP contribution in [0.25, 0.3) is 0 Å². The molecule has 1 aliphatic heterocycles. The fourth-order valence-electron chi connectivity index (χ4n) is 3.96. The van der Waals surface area contributed by atoms with Crippen LogP contribution >= 0.6 is 0 Å². The van der Waals surface area contributed by atoms with Crippen molar-refractivity contribution in [1.29, 1.82) is 0 Å². The molecule has 4 rings (SSSR count). The van der Waals surface area contributed by atoms with Crippen LogP contribution in [0.4, 0.5) is 8.78 Å². The zero-order chi connectivity index (χ0) is 20.4. The number of hydrogen-bond donors (Lipinski definition) is 0. The molecule has 8 heteroatoms. The smallest absolute Gasteiger partial charge is 0.300 e. The fraction of sp³-hybridized carbons (Fsp3) is 0.524. The van der Waals surface area contributed by atoms with Gasteiger partial charge in [0.25, 0.3) is 5.56 Å². The van der Waals surface area contributed by atoms with E-state index in [1.807, 2.05) is 28.8 Å². The average Bonchev–Trinajstić information content (AvgIpc) is 3.10. The zero-order valence-corrected chi connectivity index (χ0v) is 16.3. The molecule has 6 nitrogen and oxygen atoms in total. The Morgan fingerprint density at radius 3 is 2.66 bits per heavy atom. The highest BCUT2D eigenvalue weighted by atomic mass is 19.3. The van der Waals surface area contributed by atoms with Gasteiger partial charge in [-0.3, -0.25) is 9.36 Å². The van der Waals surface area contributed by atoms with Gasteiger partial charge in [-0.25, -0.2) is 8.78 Å². The molecule has 0 bridgehead atoms. The van der Waals surface area contributed by atoms with Crippen LogP contribution in [0.1, 0.15) is 42.9 Å². The first kappa shape index (κ1) is 19.8. The van der Waals surface area contributed by atoms with Crippen LogP contribution in [-0.2, 0) is 17.9 Å². The molecule has 1 aromatic carbocycles. The van der Waals surface area contributed by atoms with Crippen LogP contribution in [0.15, 0.2) is 35.1 Å². The highest BCUT2D eigenvalue weighted by Crippen LogP contribution is 2.41. The third kappa shape index (κ3) is 4.58. The van der Waals surface area contributed by atoms with Gasteiger partial charge in [0.05, 0.1) is 18.8 Å². The summed E-state index contributed by atoms with van der Waals surface area (Å²) in [6, 6.07) is 9.35. The van der Waals surface area contributed by atoms with Gasteiger partial charge in [-0.1, -0.05) is 12.1 Å². The second kappa shape index (κ2) is 8.10. The average molecular weight is 406 g/mol. The summed E-state index contributed by atoms with van der Waals surface area (Å²) in [5, 5.41) is 0. The monoisotopic (exact) mass is 406 g/mol. The molecule has 0 unspecified atom stereocenters. The van der Waals surface area contributed by atoms with Gasteiger partial charge in [-0.05, 0) is 36.5 Å². The number of halogens is 2. The summed E-state index contributed by atoms with van der Waals surface area (Å²) in [6.07, 6.45) is 0.670. The van der Waals surface area contributed by atoms with Gasteiger partial charge in [0.1, 0.15) is 12.4 Å². The van der Waals surface area contributed by atoms with Crippen LogP contribution in [0.5, 0.6) is 11.8 Å². The van der Waals surface area contributed by atoms with Crippen molar-refractivity contribution in [2.45, 2.75) is 56.8 Å². The number of methoxy groups -OCH3 is 1. The normalized spacial score (nSPS) is 20.9. The molecule has 2 aliphatic rings. The molecular weight excluding hydrogens is 382 g/mol. The predicted molar refractivity (Wildman–Crippen MR) is 102 cm³/mol. The quantitative estimate of drug-likeness (QED) is 0.735. The molecule has 1 fully saturated rings. The summed E-state index contributed by atoms with van der Waals surface area (Å²) in [4.78, 5) is 15.6. The molecule has 0 saturated heterocycles. The highest BCUT2D eigenvalue weighted by Gasteiger charge is 2.35. The minimum Gasteiger partial charge on any atom is -0.490 e. The molecule has 1 aromatic heterocycles. The molecule has 1 saturated carbocycles. The molecule has 0 N–H and O–H groups in total. The van der Waals surface area contributed by atoms with Crippen LogP contribution in [0.3, 0.4) is 0 Å². The minimum atomic E-state index is -2.51. The van der Waals surface area contributed by atoms with Crippen LogP contribution < -0.4 is 15.0 Å². The van der Waals surface area contributed by atoms with Gasteiger partial charge >= 0.3 is 6.01 Å². The number of benzene rings is 1. The van der Waals surface area contributed by atoms with Crippen molar-refractivity contribution < 1.29 is 23.0 Å². The Morgan fingerprint density at radius 2 is 1.97 bits per heavy atom. The molecule has 0 spiro atoms. The van der Waals surface area contributed by atoms with Crippen LogP contribution in [0, 0.1) is 0 Å². The first-order valence-electron chi connectivity index (χ1n) is 9.80. The number of hydrogen-bond acceptors (Lipinski definition) is 5. The maximum absolute atomic E-state index is 13.3. The second-order valence-electron chi connectivity index (χ2n) is 7.66. The van der Waals surface area contributed by atoms with E-state index < -0.39 is 5.92 Å². The molecule has 1 aliphatic carbocycles. The summed E-state index contributed by atoms with van der Waals surface area (Å²) in [5.74, 6) is -1.64. The van der Waals surface area contributed by atoms with Crippen molar-refractivity contribution in [3.05, 3.63) is 51.9 Å². The van der Waals surface area contributed by atoms with E-state index in [9.17, 15) is 13.6 Å². The molecule has 2 aromatic rings. The van der Waals surface area contributed by atoms with Crippen molar-refractivity contribution >= 4 is 0 Å². The Bertz CT molecular complexity index is 904. The highest BCUT2D eigenvalue weighted by molar-refractivity contribution is 5.30. The Morgan fingerprint density at radius 1 is 1.24 bits per heavy atom. The van der Waals surface area contributed by atoms with Gasteiger partial charge in [0.15, 0.2) is 6.10 Å². The lowest BCUT2D eigenvalue weighted by Crippen LogP contribution is -2.24. The van der Waals surface area contributed by atoms with E-state index in [0.717, 1.165) is 5.56 Å². The zero-order valence-electron chi connectivity index (χ0n) is 16.3. The fourth-order valence-corrected chi connectivity index (χ4v) is 3.96. The Balaban J connectivity index is 1.33. The van der Waals surface area contributed by atoms with Crippen LogP contribution in [0.2, 0.25) is 0 Å². The van der Waals surface area contributed by atoms with E-state index in [-0.39, 0.29) is 36.4 Å². The van der Waals surface area contributed by atoms with Gasteiger partial charge in [-0.15, -0.1) is 0 Å². The van der Waals surface area contributed by atoms with E-state index in [1.165, 1.54) is 6.07 Å². The third-order valence-electron chi connectivity index (χ3n) is 5.53. The summed E-state index contributed by atoms with van der Waals surface area (Å²) < 4.78 is 45.2. The molecule has 0 amide bonds. The maximum Gasteiger partial charge on any atom is 0.300 e. The van der Waals surface area contributed by atoms with Crippen molar-refractivity contribution in [2.75, 3.05) is 13.7 Å². The van der Waals surface area contributed by atoms with Crippen molar-refractivity contribution in [3.63, 3.8) is 0 Å². The molecule has 156 valence electrons. The first-order valence-corrected chi connectivity index (χ1v) is 9.80. The van der Waals surface area contributed by atoms with E-state index >= 15 is 0 Å². The maximum atomic E-state index is 13.3. The third-order valence-corrected chi connectivity index (χ3v) is 5.53. The number of rotatable bonds is 6. The van der Waals surface area contributed by atoms with Crippen LogP contribution in [-0.4, -0.2) is 35.3 Å². The summed E-state index contributed by atoms with van der Waals surface area (Å²) in [7, 11) is 1.57. The minimum absolute atomic E-state index is 0.0443. The number of fused-ring (bicyclic) bond motifs is 1. The molecule has 0 radical (unpaired) electrons. The van der Waals surface area contributed by atoms with E-state index in [0.29, 0.717) is 44.0 Å². The Labute approximate surface area is 167 Å². The lowest BCUT2D eigenvalue weighted by Gasteiger charge is -2.28. The van der Waals surface area contributed by atoms with Gasteiger partial charge < -0.3 is 14.2 Å². The summed E-state index contributed by atoms with van der Waals surface area (Å²) in [5.41, 5.74) is 1.43. The van der Waals surface area contributed by atoms with E-state index in [2.05, 4.69) is 4.98 Å². The van der Waals surface area contributed by atoms with E-state index in [1.54, 1.807) is 7.11 Å². The van der Waals surface area contributed by atoms with Crippen molar-refractivity contribution in [1.82, 2.24) is 9.55 Å². The Kier molecular flexibility index (Phi) is 5.54. The lowest BCUT2D eigenvalue weighted by atomic mass is 9.82. The summed E-state index contributed by atoms with van der Waals surface area (Å²) >= 11 is 0. The van der Waals surface area contributed by atoms with Crippen molar-refractivity contribution in [3.8, 4) is 11.8 Å². The van der Waals surface area contributed by atoms with E-state index in [4.69, 9.17) is 14.2 Å². The SMILES string of the molecule is COCc1cc(=O)nc2n1C[C@@H](COc1ccc(C3CCC(F)(F)CC3)cc1)O2. The first-order chi connectivity index (χ1) is 13.9. The number of nitrogens with zero attached hydrogens (tertiary/aromatic N) is 2.